The Bertz CT molecular complexity index is 259. The molecule has 0 radical (unpaired) electrons. The summed E-state index contributed by atoms with van der Waals surface area (Å²) in [5.41, 5.74) is 0.982. The van der Waals surface area contributed by atoms with Crippen LogP contribution in [-0.4, -0.2) is 17.3 Å². The standard InChI is InChI=1S/C11H16NO.2ClH.Fe/c1-9(8-10(2)13)12-11-6-4-3-5-7-11;;;/h3-7,9-10,13H,8H2,1-2H3;2*1H;/q-1;;;+3/p-2. The molecule has 1 rings (SSSR count). The van der Waals surface area contributed by atoms with Crippen LogP contribution in [0, 0.1) is 0 Å². The molecule has 0 spiro atoms. The van der Waals surface area contributed by atoms with Gasteiger partial charge >= 0.3 is 33.3 Å². The van der Waals surface area contributed by atoms with Gasteiger partial charge < -0.3 is 10.4 Å². The van der Waals surface area contributed by atoms with E-state index in [0.717, 1.165) is 12.1 Å². The summed E-state index contributed by atoms with van der Waals surface area (Å²) in [6.45, 7) is 3.80. The molecule has 2 nitrogen and oxygen atoms in total. The topological polar surface area (TPSA) is 34.3 Å². The van der Waals surface area contributed by atoms with Crippen LogP contribution in [0.4, 0.5) is 5.69 Å². The summed E-state index contributed by atoms with van der Waals surface area (Å²) in [5, 5.41) is 13.6. The van der Waals surface area contributed by atoms with E-state index in [1.54, 1.807) is 6.92 Å². The van der Waals surface area contributed by atoms with E-state index in [9.17, 15) is 0 Å². The van der Waals surface area contributed by atoms with Gasteiger partial charge in [-0.3, -0.25) is 0 Å². The van der Waals surface area contributed by atoms with Crippen molar-refractivity contribution in [3.8, 4) is 0 Å². The molecule has 93 valence electrons. The van der Waals surface area contributed by atoms with E-state index < -0.39 is 0 Å². The molecule has 0 aromatic heterocycles. The van der Waals surface area contributed by atoms with E-state index in [2.05, 4.69) is 5.32 Å². The molecular formula is C11H16Cl2FeNO. The second-order valence-corrected chi connectivity index (χ2v) is 5.27. The van der Waals surface area contributed by atoms with Gasteiger partial charge in [-0.1, -0.05) is 37.3 Å². The third-order valence-electron chi connectivity index (χ3n) is 1.81. The summed E-state index contributed by atoms with van der Waals surface area (Å²) in [5.74, 6) is 0. The molecule has 5 heteroatoms. The molecule has 0 aliphatic heterocycles. The van der Waals surface area contributed by atoms with Gasteiger partial charge in [0.05, 0.1) is 0 Å². The quantitative estimate of drug-likeness (QED) is 0.830. The number of hydrogen-bond acceptors (Lipinski definition) is 1. The molecule has 16 heavy (non-hydrogen) atoms. The third-order valence-corrected chi connectivity index (χ3v) is 1.81. The SMILES string of the molecule is CC(O)CC(C)[N-]c1ccccc1.[Cl][Fe+][Cl]. The van der Waals surface area contributed by atoms with Crippen LogP contribution in [0.2, 0.25) is 0 Å². The van der Waals surface area contributed by atoms with E-state index in [1.165, 1.54) is 0 Å². The number of nitrogens with zero attached hydrogens (tertiary/aromatic N) is 1. The van der Waals surface area contributed by atoms with E-state index in [0.29, 0.717) is 0 Å². The zero-order valence-electron chi connectivity index (χ0n) is 9.25. The van der Waals surface area contributed by atoms with Crippen LogP contribution in [0.25, 0.3) is 5.32 Å². The van der Waals surface area contributed by atoms with Gasteiger partial charge in [0.1, 0.15) is 0 Å². The summed E-state index contributed by atoms with van der Waals surface area (Å²) in [6, 6.07) is 10.0. The molecule has 1 aromatic rings. The predicted molar refractivity (Wildman–Crippen MR) is 66.9 cm³/mol. The van der Waals surface area contributed by atoms with Gasteiger partial charge in [0.2, 0.25) is 0 Å². The molecule has 0 saturated carbocycles. The Hall–Kier alpha value is 0.0795. The normalized spacial score (nSPS) is 13.3. The molecule has 0 bridgehead atoms. The van der Waals surface area contributed by atoms with Crippen molar-refractivity contribution in [2.24, 2.45) is 0 Å². The summed E-state index contributed by atoms with van der Waals surface area (Å²) in [4.78, 5) is 0. The van der Waals surface area contributed by atoms with Crippen LogP contribution in [0.3, 0.4) is 0 Å². The number of rotatable bonds is 4. The van der Waals surface area contributed by atoms with Gasteiger partial charge in [0.25, 0.3) is 0 Å². The van der Waals surface area contributed by atoms with Gasteiger partial charge in [-0.05, 0) is 13.3 Å². The minimum absolute atomic E-state index is 0.183. The molecule has 2 unspecified atom stereocenters. The third kappa shape index (κ3) is 9.32. The molecule has 0 aliphatic carbocycles. The van der Waals surface area contributed by atoms with Gasteiger partial charge in [-0.2, -0.15) is 0 Å². The average Bonchev–Trinajstić information content (AvgIpc) is 2.18. The molecule has 0 heterocycles. The van der Waals surface area contributed by atoms with Crippen LogP contribution in [0.1, 0.15) is 20.3 Å². The fourth-order valence-corrected chi connectivity index (χ4v) is 1.31. The minimum atomic E-state index is -0.275. The second kappa shape index (κ2) is 10.2. The maximum atomic E-state index is 9.14. The first kappa shape index (κ1) is 16.1. The Labute approximate surface area is 112 Å². The zero-order chi connectivity index (χ0) is 12.4. The van der Waals surface area contributed by atoms with Gasteiger partial charge in [-0.15, -0.1) is 11.7 Å². The predicted octanol–water partition coefficient (Wildman–Crippen LogP) is 4.23. The molecule has 2 atom stereocenters. The van der Waals surface area contributed by atoms with Crippen LogP contribution >= 0.6 is 20.2 Å². The Morgan fingerprint density at radius 2 is 1.75 bits per heavy atom. The zero-order valence-corrected chi connectivity index (χ0v) is 11.9. The van der Waals surface area contributed by atoms with Crippen molar-refractivity contribution in [3.05, 3.63) is 35.6 Å². The second-order valence-electron chi connectivity index (χ2n) is 3.45. The van der Waals surface area contributed by atoms with Gasteiger partial charge in [0, 0.05) is 6.10 Å². The van der Waals surface area contributed by atoms with Crippen LogP contribution in [0.15, 0.2) is 30.3 Å². The monoisotopic (exact) mass is 304 g/mol. The summed E-state index contributed by atoms with van der Waals surface area (Å²) >= 11 is 0.194. The molecule has 0 saturated heterocycles. The van der Waals surface area contributed by atoms with Crippen LogP contribution in [-0.2, 0) is 13.1 Å². The number of hydrogen-bond donors (Lipinski definition) is 1. The summed E-state index contributed by atoms with van der Waals surface area (Å²) in [7, 11) is 9.53. The number of aliphatic hydroxyl groups is 1. The number of halogens is 2. The summed E-state index contributed by atoms with van der Waals surface area (Å²) in [6.07, 6.45) is 0.442. The van der Waals surface area contributed by atoms with E-state index in [-0.39, 0.29) is 25.3 Å². The van der Waals surface area contributed by atoms with Crippen molar-refractivity contribution in [2.75, 3.05) is 0 Å². The van der Waals surface area contributed by atoms with Crippen molar-refractivity contribution in [1.82, 2.24) is 0 Å². The summed E-state index contributed by atoms with van der Waals surface area (Å²) < 4.78 is 0. The molecule has 0 aliphatic rings. The van der Waals surface area contributed by atoms with Gasteiger partial charge in [0.15, 0.2) is 0 Å². The van der Waals surface area contributed by atoms with Crippen molar-refractivity contribution in [2.45, 2.75) is 32.4 Å². The Kier molecular flexibility index (Phi) is 10.3. The molecule has 1 aromatic carbocycles. The fourth-order valence-electron chi connectivity index (χ4n) is 1.31. The molecule has 0 fully saturated rings. The van der Waals surface area contributed by atoms with Gasteiger partial charge in [-0.25, -0.2) is 0 Å². The molecule has 1 N–H and O–H groups in total. The Morgan fingerprint density at radius 3 is 2.19 bits per heavy atom. The fraction of sp³-hybridized carbons (Fsp3) is 0.455. The average molecular weight is 305 g/mol. The molecular weight excluding hydrogens is 289 g/mol. The number of aliphatic hydroxyl groups excluding tert-OH is 1. The van der Waals surface area contributed by atoms with E-state index in [4.69, 9.17) is 25.3 Å². The maximum absolute atomic E-state index is 9.14. The van der Waals surface area contributed by atoms with Crippen molar-refractivity contribution in [3.63, 3.8) is 0 Å². The number of para-hydroxylation sites is 1. The first-order chi connectivity index (χ1) is 7.60. The first-order valence-electron chi connectivity index (χ1n) is 4.89. The van der Waals surface area contributed by atoms with Crippen LogP contribution in [0.5, 0.6) is 0 Å². The number of benzene rings is 1. The van der Waals surface area contributed by atoms with Crippen molar-refractivity contribution in [1.29, 1.82) is 0 Å². The van der Waals surface area contributed by atoms with Crippen molar-refractivity contribution < 1.29 is 18.2 Å². The van der Waals surface area contributed by atoms with Crippen molar-refractivity contribution >= 4 is 25.9 Å². The first-order valence-corrected chi connectivity index (χ1v) is 7.93. The van der Waals surface area contributed by atoms with Crippen LogP contribution < -0.4 is 0 Å². The van der Waals surface area contributed by atoms with E-state index in [1.807, 2.05) is 37.3 Å². The Balaban J connectivity index is 0.000000673. The Morgan fingerprint density at radius 1 is 1.25 bits per heavy atom. The van der Waals surface area contributed by atoms with E-state index >= 15 is 0 Å². The molecule has 0 amide bonds.